The normalized spacial score (nSPS) is 37.1. The Kier molecular flexibility index (Phi) is 4.45. The van der Waals surface area contributed by atoms with E-state index in [9.17, 15) is 0 Å². The molecule has 0 aromatic rings. The summed E-state index contributed by atoms with van der Waals surface area (Å²) in [4.78, 5) is 5.38. The molecule has 2 saturated heterocycles. The SMILES string of the molecule is CC1CC(N(CC2CC2)CC2CCCN2)CCN1C. The van der Waals surface area contributed by atoms with Crippen LogP contribution in [0, 0.1) is 5.92 Å². The van der Waals surface area contributed by atoms with Crippen LogP contribution in [0.5, 0.6) is 0 Å². The molecule has 110 valence electrons. The van der Waals surface area contributed by atoms with Crippen LogP contribution in [0.4, 0.5) is 0 Å². The van der Waals surface area contributed by atoms with Crippen LogP contribution in [0.15, 0.2) is 0 Å². The average molecular weight is 265 g/mol. The minimum absolute atomic E-state index is 0.761. The first-order chi connectivity index (χ1) is 9.22. The number of likely N-dealkylation sites (tertiary alicyclic amines) is 1. The summed E-state index contributed by atoms with van der Waals surface area (Å²) >= 11 is 0. The van der Waals surface area contributed by atoms with Crippen LogP contribution < -0.4 is 5.32 Å². The predicted octanol–water partition coefficient (Wildman–Crippen LogP) is 1.93. The van der Waals surface area contributed by atoms with E-state index in [0.717, 1.165) is 24.0 Å². The summed E-state index contributed by atoms with van der Waals surface area (Å²) in [6.45, 7) is 7.60. The molecule has 0 radical (unpaired) electrons. The van der Waals surface area contributed by atoms with Crippen LogP contribution in [0.3, 0.4) is 0 Å². The van der Waals surface area contributed by atoms with Crippen molar-refractivity contribution in [1.29, 1.82) is 0 Å². The smallest absolute Gasteiger partial charge is 0.0195 e. The Labute approximate surface area is 118 Å². The summed E-state index contributed by atoms with van der Waals surface area (Å²) < 4.78 is 0. The van der Waals surface area contributed by atoms with E-state index in [4.69, 9.17) is 0 Å². The number of hydrogen-bond donors (Lipinski definition) is 1. The van der Waals surface area contributed by atoms with Crippen LogP contribution >= 0.6 is 0 Å². The lowest BCUT2D eigenvalue weighted by Gasteiger charge is -2.42. The zero-order chi connectivity index (χ0) is 13.2. The first kappa shape index (κ1) is 13.8. The Balaban J connectivity index is 1.57. The van der Waals surface area contributed by atoms with Crippen molar-refractivity contribution in [2.75, 3.05) is 33.2 Å². The first-order valence-electron chi connectivity index (χ1n) is 8.40. The molecule has 0 bridgehead atoms. The van der Waals surface area contributed by atoms with Crippen molar-refractivity contribution < 1.29 is 0 Å². The van der Waals surface area contributed by atoms with E-state index in [-0.39, 0.29) is 0 Å². The lowest BCUT2D eigenvalue weighted by molar-refractivity contribution is 0.0788. The van der Waals surface area contributed by atoms with E-state index < -0.39 is 0 Å². The molecule has 3 heteroatoms. The zero-order valence-corrected chi connectivity index (χ0v) is 12.8. The minimum Gasteiger partial charge on any atom is -0.313 e. The van der Waals surface area contributed by atoms with Gasteiger partial charge in [0.25, 0.3) is 0 Å². The van der Waals surface area contributed by atoms with Crippen LogP contribution in [-0.4, -0.2) is 61.2 Å². The standard InChI is InChI=1S/C16H31N3/c1-13-10-16(7-9-18(13)2)19(11-14-5-6-14)12-15-4-3-8-17-15/h13-17H,3-12H2,1-2H3. The third-order valence-electron chi connectivity index (χ3n) is 5.50. The van der Waals surface area contributed by atoms with Gasteiger partial charge in [0, 0.05) is 31.2 Å². The fraction of sp³-hybridized carbons (Fsp3) is 1.00. The Hall–Kier alpha value is -0.120. The first-order valence-corrected chi connectivity index (χ1v) is 8.40. The number of rotatable bonds is 5. The molecule has 3 unspecified atom stereocenters. The third-order valence-corrected chi connectivity index (χ3v) is 5.50. The van der Waals surface area contributed by atoms with Gasteiger partial charge in [-0.05, 0) is 71.5 Å². The van der Waals surface area contributed by atoms with Crippen molar-refractivity contribution in [3.63, 3.8) is 0 Å². The second-order valence-corrected chi connectivity index (χ2v) is 7.20. The van der Waals surface area contributed by atoms with Crippen LogP contribution in [0.25, 0.3) is 0 Å². The maximum atomic E-state index is 3.69. The van der Waals surface area contributed by atoms with E-state index in [0.29, 0.717) is 0 Å². The molecule has 3 atom stereocenters. The Morgan fingerprint density at radius 3 is 2.63 bits per heavy atom. The highest BCUT2D eigenvalue weighted by Crippen LogP contribution is 2.32. The highest BCUT2D eigenvalue weighted by Gasteiger charge is 2.33. The molecule has 1 N–H and O–H groups in total. The van der Waals surface area contributed by atoms with Gasteiger partial charge in [-0.25, -0.2) is 0 Å². The molecule has 0 aromatic heterocycles. The van der Waals surface area contributed by atoms with E-state index in [2.05, 4.69) is 29.1 Å². The van der Waals surface area contributed by atoms with Gasteiger partial charge in [0.2, 0.25) is 0 Å². The van der Waals surface area contributed by atoms with E-state index >= 15 is 0 Å². The Morgan fingerprint density at radius 1 is 1.16 bits per heavy atom. The van der Waals surface area contributed by atoms with Crippen LogP contribution in [-0.2, 0) is 0 Å². The largest absolute Gasteiger partial charge is 0.313 e. The molecule has 2 heterocycles. The number of piperidine rings is 1. The van der Waals surface area contributed by atoms with Gasteiger partial charge in [-0.15, -0.1) is 0 Å². The van der Waals surface area contributed by atoms with Gasteiger partial charge >= 0.3 is 0 Å². The van der Waals surface area contributed by atoms with E-state index in [1.807, 2.05) is 0 Å². The lowest BCUT2D eigenvalue weighted by Crippen LogP contribution is -2.51. The molecule has 3 rings (SSSR count). The van der Waals surface area contributed by atoms with Crippen molar-refractivity contribution in [1.82, 2.24) is 15.1 Å². The fourth-order valence-corrected chi connectivity index (χ4v) is 3.80. The number of nitrogens with zero attached hydrogens (tertiary/aromatic N) is 2. The lowest BCUT2D eigenvalue weighted by atomic mass is 9.96. The van der Waals surface area contributed by atoms with Crippen molar-refractivity contribution in [3.05, 3.63) is 0 Å². The van der Waals surface area contributed by atoms with Gasteiger partial charge in [-0.1, -0.05) is 0 Å². The van der Waals surface area contributed by atoms with Crippen molar-refractivity contribution in [3.8, 4) is 0 Å². The average Bonchev–Trinajstić information content (AvgIpc) is 3.06. The predicted molar refractivity (Wildman–Crippen MR) is 80.4 cm³/mol. The molecule has 0 amide bonds. The molecule has 3 nitrogen and oxygen atoms in total. The second-order valence-electron chi connectivity index (χ2n) is 7.20. The minimum atomic E-state index is 0.761. The molecular weight excluding hydrogens is 234 g/mol. The Morgan fingerprint density at radius 2 is 2.00 bits per heavy atom. The fourth-order valence-electron chi connectivity index (χ4n) is 3.80. The highest BCUT2D eigenvalue weighted by molar-refractivity contribution is 4.89. The van der Waals surface area contributed by atoms with Gasteiger partial charge in [-0.3, -0.25) is 4.90 Å². The maximum absolute atomic E-state index is 3.69. The summed E-state index contributed by atoms with van der Waals surface area (Å²) in [5, 5.41) is 3.69. The number of hydrogen-bond acceptors (Lipinski definition) is 3. The van der Waals surface area contributed by atoms with Crippen LogP contribution in [0.2, 0.25) is 0 Å². The molecule has 19 heavy (non-hydrogen) atoms. The second kappa shape index (κ2) is 6.11. The van der Waals surface area contributed by atoms with Gasteiger partial charge in [0.1, 0.15) is 0 Å². The maximum Gasteiger partial charge on any atom is 0.0195 e. The molecular formula is C16H31N3. The van der Waals surface area contributed by atoms with Crippen LogP contribution in [0.1, 0.15) is 45.4 Å². The monoisotopic (exact) mass is 265 g/mol. The zero-order valence-electron chi connectivity index (χ0n) is 12.8. The molecule has 3 fully saturated rings. The number of nitrogens with one attached hydrogen (secondary N) is 1. The summed E-state index contributed by atoms with van der Waals surface area (Å²) in [5.74, 6) is 1.02. The van der Waals surface area contributed by atoms with Crippen molar-refractivity contribution in [2.45, 2.75) is 63.6 Å². The summed E-state index contributed by atoms with van der Waals surface area (Å²) in [5.41, 5.74) is 0. The molecule has 1 aliphatic carbocycles. The van der Waals surface area contributed by atoms with E-state index in [1.165, 1.54) is 64.7 Å². The molecule has 1 saturated carbocycles. The third kappa shape index (κ3) is 3.71. The van der Waals surface area contributed by atoms with Crippen molar-refractivity contribution >= 4 is 0 Å². The van der Waals surface area contributed by atoms with E-state index in [1.54, 1.807) is 0 Å². The van der Waals surface area contributed by atoms with Gasteiger partial charge in [-0.2, -0.15) is 0 Å². The van der Waals surface area contributed by atoms with Gasteiger partial charge in [0.05, 0.1) is 0 Å². The molecule has 3 aliphatic rings. The van der Waals surface area contributed by atoms with Gasteiger partial charge in [0.15, 0.2) is 0 Å². The summed E-state index contributed by atoms with van der Waals surface area (Å²) in [7, 11) is 2.28. The molecule has 0 spiro atoms. The van der Waals surface area contributed by atoms with Crippen molar-refractivity contribution in [2.24, 2.45) is 5.92 Å². The summed E-state index contributed by atoms with van der Waals surface area (Å²) in [6, 6.07) is 2.37. The topological polar surface area (TPSA) is 18.5 Å². The van der Waals surface area contributed by atoms with Gasteiger partial charge < -0.3 is 10.2 Å². The highest BCUT2D eigenvalue weighted by atomic mass is 15.2. The Bertz CT molecular complexity index is 284. The summed E-state index contributed by atoms with van der Waals surface area (Å²) in [6.07, 6.45) is 8.48. The molecule has 0 aromatic carbocycles. The molecule has 2 aliphatic heterocycles. The quantitative estimate of drug-likeness (QED) is 0.819.